The standard InChI is InChI=1S/C54H37NS/c1-5-14-38(15-6-1)41-24-30-46(31-25-41)55(47-32-26-42(27-33-47)39-16-7-2-8-17-39)48-34-28-44(29-35-48)51-36-45(40-18-9-3-10-19-40)37-52-53(51)50-23-13-22-49(54(50)56-52)43-20-11-4-12-21-43/h1-37H. The molecule has 0 fully saturated rings. The first-order valence-corrected chi connectivity index (χ1v) is 19.9. The molecule has 10 rings (SSSR count). The Morgan fingerprint density at radius 1 is 0.286 bits per heavy atom. The molecule has 56 heavy (non-hydrogen) atoms. The third-order valence-corrected chi connectivity index (χ3v) is 11.9. The molecule has 0 radical (unpaired) electrons. The van der Waals surface area contributed by atoms with Crippen LogP contribution in [-0.2, 0) is 0 Å². The lowest BCUT2D eigenvalue weighted by Crippen LogP contribution is -2.09. The van der Waals surface area contributed by atoms with Crippen molar-refractivity contribution in [2.24, 2.45) is 0 Å². The maximum Gasteiger partial charge on any atom is 0.0462 e. The van der Waals surface area contributed by atoms with E-state index >= 15 is 0 Å². The monoisotopic (exact) mass is 731 g/mol. The summed E-state index contributed by atoms with van der Waals surface area (Å²) >= 11 is 1.89. The highest BCUT2D eigenvalue weighted by Crippen LogP contribution is 2.46. The molecule has 0 saturated heterocycles. The molecule has 0 unspecified atom stereocenters. The van der Waals surface area contributed by atoms with Crippen LogP contribution < -0.4 is 4.90 Å². The van der Waals surface area contributed by atoms with E-state index in [4.69, 9.17) is 0 Å². The SMILES string of the molecule is c1ccc(-c2ccc(N(c3ccc(-c4ccccc4)cc3)c3ccc(-c4cc(-c5ccccc5)cc5sc6c(-c7ccccc7)cccc6c45)cc3)cc2)cc1. The number of rotatable bonds is 8. The topological polar surface area (TPSA) is 3.24 Å². The largest absolute Gasteiger partial charge is 0.311 e. The first-order chi connectivity index (χ1) is 27.8. The summed E-state index contributed by atoms with van der Waals surface area (Å²) in [5, 5.41) is 2.60. The van der Waals surface area contributed by atoms with Crippen LogP contribution in [0.25, 0.3) is 75.8 Å². The van der Waals surface area contributed by atoms with Gasteiger partial charge in [-0.1, -0.05) is 176 Å². The van der Waals surface area contributed by atoms with Crippen molar-refractivity contribution < 1.29 is 0 Å². The minimum absolute atomic E-state index is 1.10. The smallest absolute Gasteiger partial charge is 0.0462 e. The molecular formula is C54H37NS. The Hall–Kier alpha value is -7.00. The Morgan fingerprint density at radius 2 is 0.679 bits per heavy atom. The van der Waals surface area contributed by atoms with Gasteiger partial charge in [-0.3, -0.25) is 0 Å². The average Bonchev–Trinajstić information content (AvgIpc) is 3.67. The van der Waals surface area contributed by atoms with E-state index in [1.165, 1.54) is 75.8 Å². The number of benzene rings is 9. The summed E-state index contributed by atoms with van der Waals surface area (Å²) in [5.74, 6) is 0. The molecule has 0 amide bonds. The average molecular weight is 732 g/mol. The molecule has 0 spiro atoms. The first kappa shape index (κ1) is 33.6. The van der Waals surface area contributed by atoms with Crippen molar-refractivity contribution in [2.45, 2.75) is 0 Å². The molecule has 0 N–H and O–H groups in total. The highest BCUT2D eigenvalue weighted by Gasteiger charge is 2.18. The molecule has 0 aliphatic heterocycles. The Labute approximate surface area is 332 Å². The molecule has 2 heteroatoms. The Kier molecular flexibility index (Phi) is 8.79. The summed E-state index contributed by atoms with van der Waals surface area (Å²) in [5.41, 5.74) is 15.5. The van der Waals surface area contributed by atoms with Crippen LogP contribution >= 0.6 is 11.3 Å². The molecule has 10 aromatic rings. The Bertz CT molecular complexity index is 2820. The van der Waals surface area contributed by atoms with Crippen molar-refractivity contribution in [1.82, 2.24) is 0 Å². The van der Waals surface area contributed by atoms with E-state index in [1.54, 1.807) is 0 Å². The lowest BCUT2D eigenvalue weighted by Gasteiger charge is -2.26. The van der Waals surface area contributed by atoms with Crippen molar-refractivity contribution in [3.05, 3.63) is 224 Å². The molecule has 0 aliphatic carbocycles. The van der Waals surface area contributed by atoms with Crippen molar-refractivity contribution in [2.75, 3.05) is 4.90 Å². The van der Waals surface area contributed by atoms with Gasteiger partial charge in [-0.05, 0) is 104 Å². The summed E-state index contributed by atoms with van der Waals surface area (Å²) in [4.78, 5) is 2.36. The zero-order valence-electron chi connectivity index (χ0n) is 30.7. The van der Waals surface area contributed by atoms with Gasteiger partial charge in [0.15, 0.2) is 0 Å². The van der Waals surface area contributed by atoms with E-state index in [0.717, 1.165) is 17.1 Å². The van der Waals surface area contributed by atoms with Crippen LogP contribution in [0.1, 0.15) is 0 Å². The minimum Gasteiger partial charge on any atom is -0.311 e. The van der Waals surface area contributed by atoms with Gasteiger partial charge >= 0.3 is 0 Å². The van der Waals surface area contributed by atoms with Gasteiger partial charge in [0.1, 0.15) is 0 Å². The van der Waals surface area contributed by atoms with Crippen molar-refractivity contribution in [3.8, 4) is 55.6 Å². The quantitative estimate of drug-likeness (QED) is 0.150. The molecule has 0 aliphatic rings. The van der Waals surface area contributed by atoms with Gasteiger partial charge in [0, 0.05) is 37.2 Å². The second kappa shape index (κ2) is 14.7. The Morgan fingerprint density at radius 3 is 1.16 bits per heavy atom. The number of thiophene rings is 1. The molecule has 0 saturated carbocycles. The zero-order chi connectivity index (χ0) is 37.3. The fourth-order valence-electron chi connectivity index (χ4n) is 7.90. The maximum atomic E-state index is 2.39. The summed E-state index contributed by atoms with van der Waals surface area (Å²) in [6.07, 6.45) is 0. The number of anilines is 3. The third-order valence-electron chi connectivity index (χ3n) is 10.7. The number of nitrogens with zero attached hydrogens (tertiary/aromatic N) is 1. The van der Waals surface area contributed by atoms with Crippen LogP contribution in [-0.4, -0.2) is 0 Å². The van der Waals surface area contributed by atoms with E-state index < -0.39 is 0 Å². The molecule has 264 valence electrons. The predicted molar refractivity (Wildman–Crippen MR) is 241 cm³/mol. The molecular weight excluding hydrogens is 695 g/mol. The fourth-order valence-corrected chi connectivity index (χ4v) is 9.21. The second-order valence-electron chi connectivity index (χ2n) is 14.1. The Balaban J connectivity index is 1.10. The van der Waals surface area contributed by atoms with Gasteiger partial charge < -0.3 is 4.90 Å². The lowest BCUT2D eigenvalue weighted by atomic mass is 9.93. The van der Waals surface area contributed by atoms with Gasteiger partial charge in [-0.15, -0.1) is 11.3 Å². The van der Waals surface area contributed by atoms with E-state index in [9.17, 15) is 0 Å². The van der Waals surface area contributed by atoms with Crippen LogP contribution in [0.5, 0.6) is 0 Å². The van der Waals surface area contributed by atoms with Crippen LogP contribution in [0, 0.1) is 0 Å². The van der Waals surface area contributed by atoms with E-state index in [-0.39, 0.29) is 0 Å². The van der Waals surface area contributed by atoms with Crippen LogP contribution in [0.4, 0.5) is 17.1 Å². The minimum atomic E-state index is 1.10. The molecule has 9 aromatic carbocycles. The highest BCUT2D eigenvalue weighted by atomic mass is 32.1. The molecule has 1 aromatic heterocycles. The van der Waals surface area contributed by atoms with E-state index in [0.29, 0.717) is 0 Å². The van der Waals surface area contributed by atoms with E-state index in [1.807, 2.05) is 11.3 Å². The van der Waals surface area contributed by atoms with Crippen LogP contribution in [0.3, 0.4) is 0 Å². The van der Waals surface area contributed by atoms with Gasteiger partial charge in [-0.25, -0.2) is 0 Å². The molecule has 0 bridgehead atoms. The summed E-state index contributed by atoms with van der Waals surface area (Å²) < 4.78 is 2.61. The van der Waals surface area contributed by atoms with Crippen molar-refractivity contribution in [3.63, 3.8) is 0 Å². The number of hydrogen-bond donors (Lipinski definition) is 0. The summed E-state index contributed by atoms with van der Waals surface area (Å²) in [6.45, 7) is 0. The number of fused-ring (bicyclic) bond motifs is 3. The zero-order valence-corrected chi connectivity index (χ0v) is 31.5. The second-order valence-corrected chi connectivity index (χ2v) is 15.2. The summed E-state index contributed by atoms with van der Waals surface area (Å²) in [7, 11) is 0. The third kappa shape index (κ3) is 6.36. The van der Waals surface area contributed by atoms with Gasteiger partial charge in [0.25, 0.3) is 0 Å². The number of hydrogen-bond acceptors (Lipinski definition) is 2. The first-order valence-electron chi connectivity index (χ1n) is 19.1. The molecule has 1 nitrogen and oxygen atoms in total. The molecule has 1 heterocycles. The predicted octanol–water partition coefficient (Wildman–Crippen LogP) is 15.9. The van der Waals surface area contributed by atoms with Crippen molar-refractivity contribution >= 4 is 48.6 Å². The van der Waals surface area contributed by atoms with E-state index in [2.05, 4.69) is 229 Å². The lowest BCUT2D eigenvalue weighted by molar-refractivity contribution is 1.28. The van der Waals surface area contributed by atoms with Crippen LogP contribution in [0.2, 0.25) is 0 Å². The van der Waals surface area contributed by atoms with Gasteiger partial charge in [-0.2, -0.15) is 0 Å². The van der Waals surface area contributed by atoms with Crippen molar-refractivity contribution in [1.29, 1.82) is 0 Å². The normalized spacial score (nSPS) is 11.2. The van der Waals surface area contributed by atoms with Crippen LogP contribution in [0.15, 0.2) is 224 Å². The maximum absolute atomic E-state index is 2.39. The van der Waals surface area contributed by atoms with Gasteiger partial charge in [0.05, 0.1) is 0 Å². The highest BCUT2D eigenvalue weighted by molar-refractivity contribution is 7.26. The van der Waals surface area contributed by atoms with Gasteiger partial charge in [0.2, 0.25) is 0 Å². The summed E-state index contributed by atoms with van der Waals surface area (Å²) in [6, 6.07) is 81.2. The molecule has 0 atom stereocenters. The fraction of sp³-hybridized carbons (Fsp3) is 0.